The van der Waals surface area contributed by atoms with Crippen molar-refractivity contribution in [2.24, 2.45) is 0 Å². The molecule has 2 N–H and O–H groups in total. The molecular formula is C15H20ClFN2O. The average molecular weight is 299 g/mol. The molecule has 1 amide bonds. The molecule has 1 aromatic carbocycles. The Labute approximate surface area is 123 Å². The zero-order valence-electron chi connectivity index (χ0n) is 11.6. The smallest absolute Gasteiger partial charge is 0.237 e. The van der Waals surface area contributed by atoms with Crippen molar-refractivity contribution < 1.29 is 9.18 Å². The first kappa shape index (κ1) is 15.3. The van der Waals surface area contributed by atoms with E-state index in [1.165, 1.54) is 18.9 Å². The van der Waals surface area contributed by atoms with Crippen molar-refractivity contribution in [1.82, 2.24) is 10.6 Å². The van der Waals surface area contributed by atoms with Crippen molar-refractivity contribution in [3.63, 3.8) is 0 Å². The summed E-state index contributed by atoms with van der Waals surface area (Å²) < 4.78 is 13.0. The van der Waals surface area contributed by atoms with Gasteiger partial charge in [-0.2, -0.15) is 0 Å². The van der Waals surface area contributed by atoms with Gasteiger partial charge in [-0.15, -0.1) is 0 Å². The maximum absolute atomic E-state index is 13.0. The predicted molar refractivity (Wildman–Crippen MR) is 78.1 cm³/mol. The minimum Gasteiger partial charge on any atom is -0.352 e. The van der Waals surface area contributed by atoms with E-state index in [1.54, 1.807) is 12.1 Å². The number of hydrogen-bond acceptors (Lipinski definition) is 2. The van der Waals surface area contributed by atoms with E-state index in [4.69, 9.17) is 11.6 Å². The molecule has 0 aromatic heterocycles. The third-order valence-electron chi connectivity index (χ3n) is 3.69. The Bertz CT molecular complexity index is 475. The highest BCUT2D eigenvalue weighted by molar-refractivity contribution is 6.30. The molecule has 0 spiro atoms. The van der Waals surface area contributed by atoms with E-state index in [0.29, 0.717) is 12.6 Å². The van der Waals surface area contributed by atoms with Crippen molar-refractivity contribution in [3.8, 4) is 0 Å². The van der Waals surface area contributed by atoms with E-state index in [-0.39, 0.29) is 17.0 Å². The van der Waals surface area contributed by atoms with Gasteiger partial charge in [0.15, 0.2) is 0 Å². The van der Waals surface area contributed by atoms with Gasteiger partial charge in [-0.3, -0.25) is 4.79 Å². The van der Waals surface area contributed by atoms with Gasteiger partial charge < -0.3 is 10.6 Å². The van der Waals surface area contributed by atoms with Crippen molar-refractivity contribution in [1.29, 1.82) is 0 Å². The van der Waals surface area contributed by atoms with Crippen LogP contribution >= 0.6 is 11.6 Å². The number of carbonyl (C=O) groups excluding carboxylic acids is 1. The van der Waals surface area contributed by atoms with E-state index in [1.807, 2.05) is 6.92 Å². The topological polar surface area (TPSA) is 41.1 Å². The highest BCUT2D eigenvalue weighted by Gasteiger charge is 2.20. The van der Waals surface area contributed by atoms with Gasteiger partial charge in [-0.05, 0) is 37.5 Å². The Kier molecular flexibility index (Phi) is 5.38. The molecule has 110 valence electrons. The SMILES string of the molecule is CC(NCc1ccc(F)c(Cl)c1)C(=O)NC1CCCC1. The first-order valence-electron chi connectivity index (χ1n) is 7.04. The van der Waals surface area contributed by atoms with Gasteiger partial charge in [-0.1, -0.05) is 30.5 Å². The van der Waals surface area contributed by atoms with Crippen LogP contribution in [0.2, 0.25) is 5.02 Å². The van der Waals surface area contributed by atoms with Gasteiger partial charge in [0.25, 0.3) is 0 Å². The summed E-state index contributed by atoms with van der Waals surface area (Å²) in [5.74, 6) is -0.410. The summed E-state index contributed by atoms with van der Waals surface area (Å²) in [6.07, 6.45) is 4.54. The largest absolute Gasteiger partial charge is 0.352 e. The molecular weight excluding hydrogens is 279 g/mol. The molecule has 2 rings (SSSR count). The number of rotatable bonds is 5. The van der Waals surface area contributed by atoms with Crippen molar-refractivity contribution in [2.75, 3.05) is 0 Å². The highest BCUT2D eigenvalue weighted by Crippen LogP contribution is 2.18. The van der Waals surface area contributed by atoms with Gasteiger partial charge >= 0.3 is 0 Å². The lowest BCUT2D eigenvalue weighted by molar-refractivity contribution is -0.123. The minimum absolute atomic E-state index is 0.0186. The summed E-state index contributed by atoms with van der Waals surface area (Å²) in [6.45, 7) is 2.31. The lowest BCUT2D eigenvalue weighted by Gasteiger charge is -2.17. The van der Waals surface area contributed by atoms with Crippen LogP contribution in [-0.2, 0) is 11.3 Å². The Morgan fingerprint density at radius 3 is 2.80 bits per heavy atom. The fourth-order valence-corrected chi connectivity index (χ4v) is 2.61. The first-order chi connectivity index (χ1) is 9.56. The number of nitrogens with one attached hydrogen (secondary N) is 2. The zero-order chi connectivity index (χ0) is 14.5. The second kappa shape index (κ2) is 7.04. The maximum Gasteiger partial charge on any atom is 0.237 e. The molecule has 1 saturated carbocycles. The Morgan fingerprint density at radius 2 is 2.15 bits per heavy atom. The number of carbonyl (C=O) groups is 1. The van der Waals surface area contributed by atoms with Crippen molar-refractivity contribution >= 4 is 17.5 Å². The summed E-state index contributed by atoms with van der Waals surface area (Å²) in [5, 5.41) is 6.28. The second-order valence-corrected chi connectivity index (χ2v) is 5.75. The molecule has 0 saturated heterocycles. The molecule has 1 aromatic rings. The molecule has 0 bridgehead atoms. The van der Waals surface area contributed by atoms with Crippen molar-refractivity contribution in [2.45, 2.75) is 51.2 Å². The summed E-state index contributed by atoms with van der Waals surface area (Å²) in [4.78, 5) is 12.0. The lowest BCUT2D eigenvalue weighted by Crippen LogP contribution is -2.45. The molecule has 1 aliphatic rings. The fourth-order valence-electron chi connectivity index (χ4n) is 2.41. The summed E-state index contributed by atoms with van der Waals surface area (Å²) in [7, 11) is 0. The average Bonchev–Trinajstić information content (AvgIpc) is 2.92. The van der Waals surface area contributed by atoms with Crippen LogP contribution in [0.25, 0.3) is 0 Å². The van der Waals surface area contributed by atoms with Crippen LogP contribution in [0.1, 0.15) is 38.2 Å². The summed E-state index contributed by atoms with van der Waals surface area (Å²) >= 11 is 5.72. The van der Waals surface area contributed by atoms with Crippen LogP contribution in [0, 0.1) is 5.82 Å². The highest BCUT2D eigenvalue weighted by atomic mass is 35.5. The number of benzene rings is 1. The Balaban J connectivity index is 1.79. The molecule has 20 heavy (non-hydrogen) atoms. The number of amides is 1. The Hall–Kier alpha value is -1.13. The molecule has 5 heteroatoms. The van der Waals surface area contributed by atoms with Gasteiger partial charge in [0.05, 0.1) is 11.1 Å². The zero-order valence-corrected chi connectivity index (χ0v) is 12.3. The van der Waals surface area contributed by atoms with E-state index < -0.39 is 5.82 Å². The molecule has 1 fully saturated rings. The molecule has 1 unspecified atom stereocenters. The van der Waals surface area contributed by atoms with E-state index >= 15 is 0 Å². The predicted octanol–water partition coefficient (Wildman–Crippen LogP) is 3.02. The second-order valence-electron chi connectivity index (χ2n) is 5.34. The van der Waals surface area contributed by atoms with E-state index in [9.17, 15) is 9.18 Å². The third-order valence-corrected chi connectivity index (χ3v) is 3.98. The molecule has 1 atom stereocenters. The monoisotopic (exact) mass is 298 g/mol. The van der Waals surface area contributed by atoms with Crippen LogP contribution in [0.5, 0.6) is 0 Å². The van der Waals surface area contributed by atoms with Crippen LogP contribution < -0.4 is 10.6 Å². The van der Waals surface area contributed by atoms with Crippen LogP contribution in [0.4, 0.5) is 4.39 Å². The third kappa shape index (κ3) is 4.18. The van der Waals surface area contributed by atoms with Gasteiger partial charge in [0.1, 0.15) is 5.82 Å². The number of hydrogen-bond donors (Lipinski definition) is 2. The van der Waals surface area contributed by atoms with Gasteiger partial charge in [-0.25, -0.2) is 4.39 Å². The summed E-state index contributed by atoms with van der Waals surface area (Å²) in [5.41, 5.74) is 0.858. The molecule has 1 aliphatic carbocycles. The molecule has 0 heterocycles. The molecule has 3 nitrogen and oxygen atoms in total. The fraction of sp³-hybridized carbons (Fsp3) is 0.533. The van der Waals surface area contributed by atoms with Crippen molar-refractivity contribution in [3.05, 3.63) is 34.6 Å². The van der Waals surface area contributed by atoms with E-state index in [2.05, 4.69) is 10.6 Å². The van der Waals surface area contributed by atoms with E-state index in [0.717, 1.165) is 18.4 Å². The van der Waals surface area contributed by atoms with Gasteiger partial charge in [0.2, 0.25) is 5.91 Å². The van der Waals surface area contributed by atoms with Crippen LogP contribution in [0.15, 0.2) is 18.2 Å². The first-order valence-corrected chi connectivity index (χ1v) is 7.42. The minimum atomic E-state index is -0.428. The van der Waals surface area contributed by atoms with Crippen LogP contribution in [0.3, 0.4) is 0 Å². The van der Waals surface area contributed by atoms with Crippen LogP contribution in [-0.4, -0.2) is 18.0 Å². The molecule has 0 radical (unpaired) electrons. The molecule has 0 aliphatic heterocycles. The quantitative estimate of drug-likeness (QED) is 0.877. The standard InChI is InChI=1S/C15H20ClFN2O/c1-10(15(20)19-12-4-2-3-5-12)18-9-11-6-7-14(17)13(16)8-11/h6-8,10,12,18H,2-5,9H2,1H3,(H,19,20). The summed E-state index contributed by atoms with van der Waals surface area (Å²) in [6, 6.07) is 4.62. The maximum atomic E-state index is 13.0. The Morgan fingerprint density at radius 1 is 1.45 bits per heavy atom. The number of halogens is 2. The van der Waals surface area contributed by atoms with Gasteiger partial charge in [0, 0.05) is 12.6 Å². The lowest BCUT2D eigenvalue weighted by atomic mass is 10.2. The normalized spacial score (nSPS) is 17.1.